The molecule has 2 N–H and O–H groups in total. The van der Waals surface area contributed by atoms with E-state index in [0.29, 0.717) is 6.42 Å². The molecule has 0 amide bonds. The van der Waals surface area contributed by atoms with Gasteiger partial charge < -0.3 is 15.2 Å². The fourth-order valence-corrected chi connectivity index (χ4v) is 3.11. The van der Waals surface area contributed by atoms with Crippen molar-refractivity contribution in [3.63, 3.8) is 0 Å². The molecule has 0 aromatic rings. The normalized spacial score (nSPS) is 35.7. The minimum Gasteiger partial charge on any atom is -0.480 e. The quantitative estimate of drug-likeness (QED) is 0.745. The van der Waals surface area contributed by atoms with Gasteiger partial charge in [-0.1, -0.05) is 0 Å². The minimum absolute atomic E-state index is 0.0923. The van der Waals surface area contributed by atoms with Crippen molar-refractivity contribution < 1.29 is 14.6 Å². The van der Waals surface area contributed by atoms with Crippen LogP contribution in [0.15, 0.2) is 0 Å². The van der Waals surface area contributed by atoms with Crippen molar-refractivity contribution in [2.75, 3.05) is 33.3 Å². The minimum atomic E-state index is -0.693. The fraction of sp³-hybridized carbons (Fsp3) is 0.917. The number of hydrogen-bond donors (Lipinski definition) is 2. The molecule has 5 heteroatoms. The van der Waals surface area contributed by atoms with Crippen LogP contribution < -0.4 is 5.32 Å². The second kappa shape index (κ2) is 5.33. The molecule has 2 aliphatic rings. The first kappa shape index (κ1) is 12.8. The maximum absolute atomic E-state index is 11.7. The van der Waals surface area contributed by atoms with E-state index >= 15 is 0 Å². The van der Waals surface area contributed by atoms with Crippen molar-refractivity contribution in [1.29, 1.82) is 0 Å². The summed E-state index contributed by atoms with van der Waals surface area (Å²) in [5.41, 5.74) is -0.693. The van der Waals surface area contributed by atoms with Crippen LogP contribution in [-0.2, 0) is 9.53 Å². The first-order chi connectivity index (χ1) is 8.19. The van der Waals surface area contributed by atoms with Crippen LogP contribution >= 0.6 is 0 Å². The van der Waals surface area contributed by atoms with Gasteiger partial charge in [0.05, 0.1) is 6.10 Å². The molecule has 2 atom stereocenters. The van der Waals surface area contributed by atoms with Crippen LogP contribution in [-0.4, -0.2) is 60.9 Å². The lowest BCUT2D eigenvalue weighted by molar-refractivity contribution is -0.158. The number of aliphatic carboxylic acids is 1. The van der Waals surface area contributed by atoms with Crippen molar-refractivity contribution in [1.82, 2.24) is 10.2 Å². The molecule has 1 heterocycles. The average Bonchev–Trinajstić information content (AvgIpc) is 2.39. The Morgan fingerprint density at radius 2 is 2.18 bits per heavy atom. The van der Waals surface area contributed by atoms with Crippen molar-refractivity contribution in [2.45, 2.75) is 37.3 Å². The maximum Gasteiger partial charge on any atom is 0.324 e. The lowest BCUT2D eigenvalue weighted by atomic mass is 9.78. The van der Waals surface area contributed by atoms with Gasteiger partial charge in [0, 0.05) is 39.7 Å². The first-order valence-corrected chi connectivity index (χ1v) is 6.41. The molecule has 2 unspecified atom stereocenters. The molecule has 1 saturated carbocycles. The van der Waals surface area contributed by atoms with Crippen molar-refractivity contribution in [2.24, 2.45) is 0 Å². The molecule has 2 fully saturated rings. The molecule has 0 bridgehead atoms. The second-order valence-corrected chi connectivity index (χ2v) is 5.03. The SMILES string of the molecule is COC1CCCC(C(=O)O)(N2CCNCC2)C1. The van der Waals surface area contributed by atoms with E-state index < -0.39 is 11.5 Å². The third-order valence-electron chi connectivity index (χ3n) is 4.14. The highest BCUT2D eigenvalue weighted by Gasteiger charge is 2.47. The molecule has 2 rings (SSSR count). The second-order valence-electron chi connectivity index (χ2n) is 5.03. The number of nitrogens with zero attached hydrogens (tertiary/aromatic N) is 1. The van der Waals surface area contributed by atoms with E-state index in [9.17, 15) is 9.90 Å². The van der Waals surface area contributed by atoms with Gasteiger partial charge in [0.1, 0.15) is 5.54 Å². The monoisotopic (exact) mass is 242 g/mol. The van der Waals surface area contributed by atoms with Gasteiger partial charge in [-0.25, -0.2) is 0 Å². The largest absolute Gasteiger partial charge is 0.480 e. The van der Waals surface area contributed by atoms with Gasteiger partial charge >= 0.3 is 5.97 Å². The van der Waals surface area contributed by atoms with Crippen LogP contribution in [0.3, 0.4) is 0 Å². The summed E-state index contributed by atoms with van der Waals surface area (Å²) in [5, 5.41) is 12.9. The summed E-state index contributed by atoms with van der Waals surface area (Å²) in [4.78, 5) is 13.9. The molecule has 0 aromatic heterocycles. The zero-order chi connectivity index (χ0) is 12.3. The van der Waals surface area contributed by atoms with Crippen LogP contribution in [0, 0.1) is 0 Å². The molecule has 0 radical (unpaired) electrons. The van der Waals surface area contributed by atoms with Crippen LogP contribution in [0.5, 0.6) is 0 Å². The third kappa shape index (κ3) is 2.46. The number of rotatable bonds is 3. The van der Waals surface area contributed by atoms with E-state index in [-0.39, 0.29) is 6.10 Å². The van der Waals surface area contributed by atoms with Gasteiger partial charge in [-0.2, -0.15) is 0 Å². The number of carbonyl (C=O) groups is 1. The maximum atomic E-state index is 11.7. The van der Waals surface area contributed by atoms with Gasteiger partial charge in [0.25, 0.3) is 0 Å². The Bertz CT molecular complexity index is 279. The highest BCUT2D eigenvalue weighted by atomic mass is 16.5. The van der Waals surface area contributed by atoms with Gasteiger partial charge in [0.15, 0.2) is 0 Å². The Labute approximate surface area is 102 Å². The number of nitrogens with one attached hydrogen (secondary N) is 1. The van der Waals surface area contributed by atoms with E-state index in [1.807, 2.05) is 0 Å². The van der Waals surface area contributed by atoms with Gasteiger partial charge in [-0.05, 0) is 19.3 Å². The van der Waals surface area contributed by atoms with Crippen molar-refractivity contribution in [3.8, 4) is 0 Å². The number of carboxylic acid groups (broad SMARTS) is 1. The highest BCUT2D eigenvalue weighted by molar-refractivity contribution is 5.79. The molecule has 1 aliphatic heterocycles. The molecule has 17 heavy (non-hydrogen) atoms. The van der Waals surface area contributed by atoms with Crippen molar-refractivity contribution >= 4 is 5.97 Å². The number of hydrogen-bond acceptors (Lipinski definition) is 4. The van der Waals surface area contributed by atoms with E-state index in [1.54, 1.807) is 7.11 Å². The Hall–Kier alpha value is -0.650. The summed E-state index contributed by atoms with van der Waals surface area (Å²) < 4.78 is 5.38. The summed E-state index contributed by atoms with van der Waals surface area (Å²) in [5.74, 6) is -0.679. The molecule has 98 valence electrons. The summed E-state index contributed by atoms with van der Waals surface area (Å²) in [6.07, 6.45) is 3.39. The topological polar surface area (TPSA) is 61.8 Å². The molecule has 1 saturated heterocycles. The highest BCUT2D eigenvalue weighted by Crippen LogP contribution is 2.35. The Morgan fingerprint density at radius 3 is 2.76 bits per heavy atom. The summed E-state index contributed by atoms with van der Waals surface area (Å²) >= 11 is 0. The molecule has 1 aliphatic carbocycles. The molecule has 0 spiro atoms. The zero-order valence-corrected chi connectivity index (χ0v) is 10.4. The number of piperazine rings is 1. The van der Waals surface area contributed by atoms with E-state index in [2.05, 4.69) is 10.2 Å². The van der Waals surface area contributed by atoms with E-state index in [0.717, 1.165) is 45.4 Å². The van der Waals surface area contributed by atoms with Gasteiger partial charge in [0.2, 0.25) is 0 Å². The smallest absolute Gasteiger partial charge is 0.324 e. The fourth-order valence-electron chi connectivity index (χ4n) is 3.11. The number of ether oxygens (including phenoxy) is 1. The molecule has 0 aromatic carbocycles. The van der Waals surface area contributed by atoms with E-state index in [1.165, 1.54) is 0 Å². The zero-order valence-electron chi connectivity index (χ0n) is 10.4. The summed E-state index contributed by atoms with van der Waals surface area (Å²) in [6.45, 7) is 3.41. The standard InChI is InChI=1S/C12H22N2O3/c1-17-10-3-2-4-12(9-10,11(15)16)14-7-5-13-6-8-14/h10,13H,2-9H2,1H3,(H,15,16). The van der Waals surface area contributed by atoms with E-state index in [4.69, 9.17) is 4.74 Å². The lowest BCUT2D eigenvalue weighted by Crippen LogP contribution is -2.62. The van der Waals surface area contributed by atoms with Crippen LogP contribution in [0.4, 0.5) is 0 Å². The predicted octanol–water partition coefficient (Wildman–Crippen LogP) is 0.304. The predicted molar refractivity (Wildman–Crippen MR) is 64.1 cm³/mol. The lowest BCUT2D eigenvalue weighted by Gasteiger charge is -2.46. The van der Waals surface area contributed by atoms with Crippen LogP contribution in [0.25, 0.3) is 0 Å². The third-order valence-corrected chi connectivity index (χ3v) is 4.14. The van der Waals surface area contributed by atoms with Crippen LogP contribution in [0.2, 0.25) is 0 Å². The molecular weight excluding hydrogens is 220 g/mol. The average molecular weight is 242 g/mol. The summed E-state index contributed by atoms with van der Waals surface area (Å²) in [7, 11) is 1.68. The van der Waals surface area contributed by atoms with Crippen LogP contribution in [0.1, 0.15) is 25.7 Å². The summed E-state index contributed by atoms with van der Waals surface area (Å²) in [6, 6.07) is 0. The van der Waals surface area contributed by atoms with Gasteiger partial charge in [-0.15, -0.1) is 0 Å². The van der Waals surface area contributed by atoms with Crippen molar-refractivity contribution in [3.05, 3.63) is 0 Å². The Kier molecular flexibility index (Phi) is 4.01. The Balaban J connectivity index is 2.15. The molecular formula is C12H22N2O3. The number of carboxylic acids is 1. The Morgan fingerprint density at radius 1 is 1.47 bits per heavy atom. The first-order valence-electron chi connectivity index (χ1n) is 6.41. The number of methoxy groups -OCH3 is 1. The van der Waals surface area contributed by atoms with Gasteiger partial charge in [-0.3, -0.25) is 9.69 Å². The molecule has 5 nitrogen and oxygen atoms in total.